The number of carbonyl (C=O) groups is 1. The first-order valence-electron chi connectivity index (χ1n) is 6.35. The lowest BCUT2D eigenvalue weighted by atomic mass is 10.0. The van der Waals surface area contributed by atoms with Crippen molar-refractivity contribution in [3.8, 4) is 0 Å². The summed E-state index contributed by atoms with van der Waals surface area (Å²) in [5, 5.41) is 0. The molecule has 0 radical (unpaired) electrons. The lowest BCUT2D eigenvalue weighted by molar-refractivity contribution is -0.196. The van der Waals surface area contributed by atoms with Crippen LogP contribution in [0, 0.1) is 0 Å². The minimum absolute atomic E-state index is 0.164. The highest BCUT2D eigenvalue weighted by molar-refractivity contribution is 5.75. The maximum atomic E-state index is 11.7. The molecule has 2 saturated heterocycles. The van der Waals surface area contributed by atoms with Crippen LogP contribution in [0.2, 0.25) is 0 Å². The summed E-state index contributed by atoms with van der Waals surface area (Å²) in [5.74, 6) is -0.638. The third-order valence-electron chi connectivity index (χ3n) is 3.44. The highest BCUT2D eigenvalue weighted by Gasteiger charge is 2.42. The summed E-state index contributed by atoms with van der Waals surface area (Å²) in [7, 11) is 0. The maximum Gasteiger partial charge on any atom is 0.323 e. The average Bonchev–Trinajstić information content (AvgIpc) is 2.76. The molecular weight excluding hydrogens is 222 g/mol. The first kappa shape index (κ1) is 12.8. The Kier molecular flexibility index (Phi) is 4.01. The van der Waals surface area contributed by atoms with E-state index in [0.29, 0.717) is 26.4 Å². The van der Waals surface area contributed by atoms with Crippen LogP contribution < -0.4 is 0 Å². The Balaban J connectivity index is 1.94. The van der Waals surface area contributed by atoms with Gasteiger partial charge < -0.3 is 14.2 Å². The van der Waals surface area contributed by atoms with Gasteiger partial charge in [-0.05, 0) is 26.8 Å². The van der Waals surface area contributed by atoms with Crippen LogP contribution in [0.1, 0.15) is 26.7 Å². The van der Waals surface area contributed by atoms with E-state index in [2.05, 4.69) is 4.90 Å². The zero-order valence-electron chi connectivity index (χ0n) is 10.6. The number of rotatable bonds is 3. The molecule has 0 N–H and O–H groups in total. The summed E-state index contributed by atoms with van der Waals surface area (Å²) >= 11 is 0. The van der Waals surface area contributed by atoms with Gasteiger partial charge in [-0.25, -0.2) is 0 Å². The quantitative estimate of drug-likeness (QED) is 0.685. The van der Waals surface area contributed by atoms with E-state index in [9.17, 15) is 4.79 Å². The molecule has 17 heavy (non-hydrogen) atoms. The second-order valence-electron chi connectivity index (χ2n) is 4.61. The van der Waals surface area contributed by atoms with Gasteiger partial charge in [0.15, 0.2) is 5.79 Å². The van der Waals surface area contributed by atoms with E-state index >= 15 is 0 Å². The zero-order chi connectivity index (χ0) is 12.3. The van der Waals surface area contributed by atoms with Gasteiger partial charge in [-0.2, -0.15) is 0 Å². The van der Waals surface area contributed by atoms with Crippen LogP contribution in [0.15, 0.2) is 0 Å². The molecule has 0 bridgehead atoms. The topological polar surface area (TPSA) is 48.0 Å². The summed E-state index contributed by atoms with van der Waals surface area (Å²) in [6.07, 6.45) is 1.91. The minimum atomic E-state index is -0.473. The van der Waals surface area contributed by atoms with E-state index in [1.54, 1.807) is 0 Å². The van der Waals surface area contributed by atoms with Gasteiger partial charge in [0.25, 0.3) is 0 Å². The fourth-order valence-electron chi connectivity index (χ4n) is 2.49. The van der Waals surface area contributed by atoms with Crippen LogP contribution in [-0.4, -0.2) is 55.6 Å². The van der Waals surface area contributed by atoms with Crippen LogP contribution in [0.25, 0.3) is 0 Å². The second-order valence-corrected chi connectivity index (χ2v) is 4.61. The van der Waals surface area contributed by atoms with E-state index < -0.39 is 5.79 Å². The Bertz CT molecular complexity index is 276. The predicted octanol–water partition coefficient (Wildman–Crippen LogP) is 0.777. The summed E-state index contributed by atoms with van der Waals surface area (Å²) < 4.78 is 16.4. The molecule has 0 amide bonds. The zero-order valence-corrected chi connectivity index (χ0v) is 10.6. The molecule has 2 fully saturated rings. The molecule has 0 aromatic carbocycles. The monoisotopic (exact) mass is 243 g/mol. The van der Waals surface area contributed by atoms with E-state index in [1.165, 1.54) is 0 Å². The normalized spacial score (nSPS) is 26.0. The van der Waals surface area contributed by atoms with Gasteiger partial charge in [0, 0.05) is 6.42 Å². The van der Waals surface area contributed by atoms with Gasteiger partial charge in [-0.1, -0.05) is 0 Å². The second kappa shape index (κ2) is 5.33. The number of esters is 1. The number of hydrogen-bond acceptors (Lipinski definition) is 5. The average molecular weight is 243 g/mol. The smallest absolute Gasteiger partial charge is 0.323 e. The van der Waals surface area contributed by atoms with Gasteiger partial charge >= 0.3 is 5.97 Å². The lowest BCUT2D eigenvalue weighted by Crippen LogP contribution is -2.53. The Morgan fingerprint density at radius 2 is 2.18 bits per heavy atom. The van der Waals surface area contributed by atoms with Gasteiger partial charge in [0.05, 0.1) is 26.4 Å². The third kappa shape index (κ3) is 2.78. The summed E-state index contributed by atoms with van der Waals surface area (Å²) in [4.78, 5) is 13.8. The SMILES string of the molecule is CCOC(=O)C(C)N1CCCC2(C1)OCCO2. The Labute approximate surface area is 102 Å². The number of hydrogen-bond donors (Lipinski definition) is 0. The van der Waals surface area contributed by atoms with E-state index in [4.69, 9.17) is 14.2 Å². The van der Waals surface area contributed by atoms with Crippen LogP contribution in [0.5, 0.6) is 0 Å². The van der Waals surface area contributed by atoms with Crippen molar-refractivity contribution in [3.63, 3.8) is 0 Å². The van der Waals surface area contributed by atoms with E-state index in [-0.39, 0.29) is 12.0 Å². The molecule has 1 unspecified atom stereocenters. The maximum absolute atomic E-state index is 11.7. The third-order valence-corrected chi connectivity index (χ3v) is 3.44. The van der Waals surface area contributed by atoms with Gasteiger partial charge in [-0.3, -0.25) is 9.69 Å². The molecular formula is C12H21NO4. The molecule has 5 heteroatoms. The summed E-state index contributed by atoms with van der Waals surface area (Å²) in [6, 6.07) is -0.222. The largest absolute Gasteiger partial charge is 0.465 e. The Hall–Kier alpha value is -0.650. The van der Waals surface area contributed by atoms with E-state index in [0.717, 1.165) is 19.4 Å². The van der Waals surface area contributed by atoms with Crippen LogP contribution >= 0.6 is 0 Å². The van der Waals surface area contributed by atoms with Crippen molar-refractivity contribution >= 4 is 5.97 Å². The molecule has 5 nitrogen and oxygen atoms in total. The molecule has 2 rings (SSSR count). The molecule has 0 aromatic rings. The first-order valence-corrected chi connectivity index (χ1v) is 6.35. The fourth-order valence-corrected chi connectivity index (χ4v) is 2.49. The van der Waals surface area contributed by atoms with Crippen molar-refractivity contribution in [1.82, 2.24) is 4.90 Å². The first-order chi connectivity index (χ1) is 8.17. The Morgan fingerprint density at radius 1 is 1.47 bits per heavy atom. The molecule has 0 aliphatic carbocycles. The predicted molar refractivity (Wildman–Crippen MR) is 61.5 cm³/mol. The van der Waals surface area contributed by atoms with E-state index in [1.807, 2.05) is 13.8 Å². The van der Waals surface area contributed by atoms with Crippen molar-refractivity contribution in [3.05, 3.63) is 0 Å². The highest BCUT2D eigenvalue weighted by Crippen LogP contribution is 2.30. The number of carbonyl (C=O) groups excluding carboxylic acids is 1. The van der Waals surface area contributed by atoms with Crippen LogP contribution in [0.4, 0.5) is 0 Å². The van der Waals surface area contributed by atoms with Gasteiger partial charge in [-0.15, -0.1) is 0 Å². The van der Waals surface area contributed by atoms with Crippen LogP contribution in [-0.2, 0) is 19.0 Å². The molecule has 1 spiro atoms. The number of likely N-dealkylation sites (tertiary alicyclic amines) is 1. The molecule has 1 atom stereocenters. The summed E-state index contributed by atoms with van der Waals surface area (Å²) in [5.41, 5.74) is 0. The molecule has 2 aliphatic rings. The van der Waals surface area contributed by atoms with Crippen molar-refractivity contribution in [2.75, 3.05) is 32.9 Å². The van der Waals surface area contributed by atoms with Gasteiger partial charge in [0.1, 0.15) is 6.04 Å². The highest BCUT2D eigenvalue weighted by atomic mass is 16.7. The Morgan fingerprint density at radius 3 is 2.82 bits per heavy atom. The number of ether oxygens (including phenoxy) is 3. The van der Waals surface area contributed by atoms with Crippen molar-refractivity contribution in [1.29, 1.82) is 0 Å². The molecule has 98 valence electrons. The lowest BCUT2D eigenvalue weighted by Gasteiger charge is -2.40. The van der Waals surface area contributed by atoms with Gasteiger partial charge in [0.2, 0.25) is 0 Å². The molecule has 2 aliphatic heterocycles. The molecule has 2 heterocycles. The van der Waals surface area contributed by atoms with Crippen LogP contribution in [0.3, 0.4) is 0 Å². The van der Waals surface area contributed by atoms with Crippen molar-refractivity contribution < 1.29 is 19.0 Å². The standard InChI is InChI=1S/C12H21NO4/c1-3-15-11(14)10(2)13-6-4-5-12(9-13)16-7-8-17-12/h10H,3-9H2,1-2H3. The summed E-state index contributed by atoms with van der Waals surface area (Å²) in [6.45, 7) is 7.00. The van der Waals surface area contributed by atoms with Crippen molar-refractivity contribution in [2.24, 2.45) is 0 Å². The fraction of sp³-hybridized carbons (Fsp3) is 0.917. The minimum Gasteiger partial charge on any atom is -0.465 e. The molecule has 0 saturated carbocycles. The van der Waals surface area contributed by atoms with Crippen molar-refractivity contribution in [2.45, 2.75) is 38.5 Å². The molecule has 0 aromatic heterocycles. The number of piperidine rings is 1. The number of nitrogens with zero attached hydrogens (tertiary/aromatic N) is 1.